The van der Waals surface area contributed by atoms with E-state index in [4.69, 9.17) is 9.47 Å². The van der Waals surface area contributed by atoms with E-state index in [0.29, 0.717) is 13.1 Å². The Morgan fingerprint density at radius 3 is 2.41 bits per heavy atom. The van der Waals surface area contributed by atoms with Crippen molar-refractivity contribution in [1.29, 1.82) is 0 Å². The number of carbonyl (C=O) groups is 2. The number of cyclic esters (lactones) is 1. The monoisotopic (exact) mass is 394 g/mol. The minimum absolute atomic E-state index is 0.0792. The van der Waals surface area contributed by atoms with Gasteiger partial charge in [-0.05, 0) is 50.2 Å². The predicted octanol–water partition coefficient (Wildman–Crippen LogP) is 3.62. The molecule has 1 unspecified atom stereocenters. The van der Waals surface area contributed by atoms with E-state index in [-0.39, 0.29) is 23.9 Å². The molecule has 1 atom stereocenters. The molecule has 1 amide bonds. The number of anilines is 1. The van der Waals surface area contributed by atoms with Gasteiger partial charge in [-0.3, -0.25) is 14.6 Å². The average Bonchev–Trinajstić information content (AvgIpc) is 3.14. The highest BCUT2D eigenvalue weighted by Crippen LogP contribution is 2.26. The van der Waals surface area contributed by atoms with Gasteiger partial charge in [-0.2, -0.15) is 0 Å². The first-order valence-electron chi connectivity index (χ1n) is 10.1. The summed E-state index contributed by atoms with van der Waals surface area (Å²) < 4.78 is 10.7. The van der Waals surface area contributed by atoms with E-state index in [1.54, 1.807) is 12.0 Å². The van der Waals surface area contributed by atoms with E-state index in [0.717, 1.165) is 42.9 Å². The Kier molecular flexibility index (Phi) is 5.81. The Labute approximate surface area is 171 Å². The summed E-state index contributed by atoms with van der Waals surface area (Å²) in [6.45, 7) is 2.93. The van der Waals surface area contributed by atoms with Crippen LogP contribution < -0.4 is 9.64 Å². The van der Waals surface area contributed by atoms with Gasteiger partial charge in [-0.15, -0.1) is 0 Å². The third-order valence-electron chi connectivity index (χ3n) is 5.74. The summed E-state index contributed by atoms with van der Waals surface area (Å²) in [4.78, 5) is 28.9. The first-order valence-corrected chi connectivity index (χ1v) is 10.1. The first-order chi connectivity index (χ1) is 14.1. The molecule has 2 heterocycles. The van der Waals surface area contributed by atoms with Crippen molar-refractivity contribution in [2.24, 2.45) is 5.92 Å². The van der Waals surface area contributed by atoms with Crippen LogP contribution in [-0.4, -0.2) is 56.2 Å². The number of likely N-dealkylation sites (tertiary alicyclic amines) is 1. The summed E-state index contributed by atoms with van der Waals surface area (Å²) in [5.41, 5.74) is 1.61. The lowest BCUT2D eigenvalue weighted by Gasteiger charge is -2.32. The first kappa shape index (κ1) is 19.5. The molecule has 2 saturated heterocycles. The van der Waals surface area contributed by atoms with E-state index in [2.05, 4.69) is 4.90 Å². The SMILES string of the molecule is COc1ccc(N2CC(CN3CCC(C(=O)c4ccccc4)CC3)OC2=O)cc1. The number of hydrogen-bond donors (Lipinski definition) is 0. The molecule has 4 rings (SSSR count). The maximum Gasteiger partial charge on any atom is 0.414 e. The van der Waals surface area contributed by atoms with Gasteiger partial charge in [-0.1, -0.05) is 30.3 Å². The summed E-state index contributed by atoms with van der Waals surface area (Å²) >= 11 is 0. The largest absolute Gasteiger partial charge is 0.497 e. The third-order valence-corrected chi connectivity index (χ3v) is 5.74. The van der Waals surface area contributed by atoms with Crippen molar-refractivity contribution in [3.63, 3.8) is 0 Å². The summed E-state index contributed by atoms with van der Waals surface area (Å²) in [5.74, 6) is 1.07. The van der Waals surface area contributed by atoms with E-state index in [1.165, 1.54) is 0 Å². The Morgan fingerprint density at radius 1 is 1.07 bits per heavy atom. The number of nitrogens with zero attached hydrogens (tertiary/aromatic N) is 2. The molecule has 0 N–H and O–H groups in total. The minimum Gasteiger partial charge on any atom is -0.497 e. The van der Waals surface area contributed by atoms with Crippen LogP contribution in [0, 0.1) is 5.92 Å². The van der Waals surface area contributed by atoms with Gasteiger partial charge in [0.15, 0.2) is 5.78 Å². The van der Waals surface area contributed by atoms with Crippen LogP contribution in [0.25, 0.3) is 0 Å². The third kappa shape index (κ3) is 4.43. The van der Waals surface area contributed by atoms with Crippen LogP contribution in [0.2, 0.25) is 0 Å². The van der Waals surface area contributed by atoms with Gasteiger partial charge in [0.1, 0.15) is 11.9 Å². The molecule has 29 heavy (non-hydrogen) atoms. The topological polar surface area (TPSA) is 59.1 Å². The molecule has 2 aromatic rings. The number of ketones is 1. The average molecular weight is 394 g/mol. The highest BCUT2D eigenvalue weighted by Gasteiger charge is 2.35. The van der Waals surface area contributed by atoms with Gasteiger partial charge in [0.2, 0.25) is 0 Å². The quantitative estimate of drug-likeness (QED) is 0.701. The van der Waals surface area contributed by atoms with Gasteiger partial charge in [-0.25, -0.2) is 4.79 Å². The van der Waals surface area contributed by atoms with Gasteiger partial charge in [0, 0.05) is 23.7 Å². The molecule has 2 aromatic carbocycles. The predicted molar refractivity (Wildman–Crippen MR) is 111 cm³/mol. The second kappa shape index (κ2) is 8.66. The molecule has 0 aromatic heterocycles. The number of Topliss-reactive ketones (excluding diaryl/α,β-unsaturated/α-hetero) is 1. The maximum atomic E-state index is 12.6. The Balaban J connectivity index is 1.28. The maximum absolute atomic E-state index is 12.6. The van der Waals surface area contributed by atoms with Crippen LogP contribution in [0.3, 0.4) is 0 Å². The van der Waals surface area contributed by atoms with Crippen LogP contribution in [0.4, 0.5) is 10.5 Å². The van der Waals surface area contributed by atoms with E-state index >= 15 is 0 Å². The van der Waals surface area contributed by atoms with E-state index < -0.39 is 0 Å². The van der Waals surface area contributed by atoms with Gasteiger partial charge in [0.05, 0.1) is 13.7 Å². The number of amides is 1. The minimum atomic E-state index is -0.311. The highest BCUT2D eigenvalue weighted by molar-refractivity contribution is 5.97. The second-order valence-corrected chi connectivity index (χ2v) is 7.62. The molecule has 6 heteroatoms. The number of rotatable bonds is 6. The van der Waals surface area contributed by atoms with Crippen LogP contribution in [0.5, 0.6) is 5.75 Å². The van der Waals surface area contributed by atoms with Crippen molar-refractivity contribution in [1.82, 2.24) is 4.90 Å². The fraction of sp³-hybridized carbons (Fsp3) is 0.391. The Hall–Kier alpha value is -2.86. The molecule has 0 aliphatic carbocycles. The van der Waals surface area contributed by atoms with Crippen molar-refractivity contribution in [2.45, 2.75) is 18.9 Å². The fourth-order valence-electron chi connectivity index (χ4n) is 4.09. The normalized spacial score (nSPS) is 20.5. The molecule has 2 aliphatic rings. The number of ether oxygens (including phenoxy) is 2. The molecule has 152 valence electrons. The number of methoxy groups -OCH3 is 1. The number of piperidine rings is 1. The smallest absolute Gasteiger partial charge is 0.414 e. The molecular formula is C23H26N2O4. The number of benzene rings is 2. The van der Waals surface area contributed by atoms with Crippen LogP contribution in [0.1, 0.15) is 23.2 Å². The molecule has 2 fully saturated rings. The summed E-state index contributed by atoms with van der Waals surface area (Å²) in [7, 11) is 1.62. The van der Waals surface area contributed by atoms with Gasteiger partial charge < -0.3 is 9.47 Å². The fourth-order valence-corrected chi connectivity index (χ4v) is 4.09. The molecular weight excluding hydrogens is 368 g/mol. The summed E-state index contributed by atoms with van der Waals surface area (Å²) in [6, 6.07) is 16.9. The molecule has 0 spiro atoms. The van der Waals surface area contributed by atoms with Crippen molar-refractivity contribution < 1.29 is 19.1 Å². The Bertz CT molecular complexity index is 845. The van der Waals surface area contributed by atoms with Crippen molar-refractivity contribution in [3.05, 3.63) is 60.2 Å². The zero-order chi connectivity index (χ0) is 20.2. The van der Waals surface area contributed by atoms with Gasteiger partial charge in [0.25, 0.3) is 0 Å². The van der Waals surface area contributed by atoms with Crippen molar-refractivity contribution in [3.8, 4) is 5.75 Å². The summed E-state index contributed by atoms with van der Waals surface area (Å²) in [6.07, 6.45) is 1.22. The van der Waals surface area contributed by atoms with Crippen molar-refractivity contribution in [2.75, 3.05) is 38.2 Å². The van der Waals surface area contributed by atoms with Crippen LogP contribution in [0.15, 0.2) is 54.6 Å². The number of hydrogen-bond acceptors (Lipinski definition) is 5. The van der Waals surface area contributed by atoms with Crippen molar-refractivity contribution >= 4 is 17.6 Å². The molecule has 6 nitrogen and oxygen atoms in total. The van der Waals surface area contributed by atoms with E-state index in [9.17, 15) is 9.59 Å². The highest BCUT2D eigenvalue weighted by atomic mass is 16.6. The summed E-state index contributed by atoms with van der Waals surface area (Å²) in [5, 5.41) is 0. The lowest BCUT2D eigenvalue weighted by molar-refractivity contribution is 0.0750. The zero-order valence-corrected chi connectivity index (χ0v) is 16.6. The zero-order valence-electron chi connectivity index (χ0n) is 16.6. The van der Waals surface area contributed by atoms with Crippen LogP contribution >= 0.6 is 0 Å². The molecule has 0 radical (unpaired) electrons. The van der Waals surface area contributed by atoms with E-state index in [1.807, 2.05) is 54.6 Å². The van der Waals surface area contributed by atoms with Gasteiger partial charge >= 0.3 is 6.09 Å². The molecule has 0 saturated carbocycles. The molecule has 2 aliphatic heterocycles. The van der Waals surface area contributed by atoms with Crippen LogP contribution in [-0.2, 0) is 4.74 Å². The second-order valence-electron chi connectivity index (χ2n) is 7.62. The Morgan fingerprint density at radius 2 is 1.76 bits per heavy atom. The molecule has 0 bridgehead atoms. The standard InChI is InChI=1S/C23H26N2O4/c1-28-20-9-7-19(8-10-20)25-16-21(29-23(25)27)15-24-13-11-18(12-14-24)22(26)17-5-3-2-4-6-17/h2-10,18,21H,11-16H2,1H3. The number of carbonyl (C=O) groups excluding carboxylic acids is 2. The lowest BCUT2D eigenvalue weighted by atomic mass is 9.89. The lowest BCUT2D eigenvalue weighted by Crippen LogP contribution is -2.41.